The molecular weight excluding hydrogens is 232 g/mol. The molecule has 1 saturated heterocycles. The molecule has 0 radical (unpaired) electrons. The first-order valence-electron chi connectivity index (χ1n) is 5.10. The van der Waals surface area contributed by atoms with E-state index in [4.69, 9.17) is 5.11 Å². The zero-order chi connectivity index (χ0) is 12.5. The summed E-state index contributed by atoms with van der Waals surface area (Å²) < 4.78 is 24.5. The highest BCUT2D eigenvalue weighted by Gasteiger charge is 2.37. The van der Waals surface area contributed by atoms with E-state index in [2.05, 4.69) is 0 Å². The maximum atomic E-state index is 11.6. The maximum Gasteiger partial charge on any atom is 0.305 e. The highest BCUT2D eigenvalue weighted by molar-refractivity contribution is 7.88. The van der Waals surface area contributed by atoms with E-state index in [0.29, 0.717) is 13.1 Å². The molecule has 1 rings (SSSR count). The second-order valence-electron chi connectivity index (χ2n) is 4.41. The first-order chi connectivity index (χ1) is 7.21. The molecule has 1 aliphatic rings. The molecular formula is C9H18N2O4S. The summed E-state index contributed by atoms with van der Waals surface area (Å²) >= 11 is 0. The third-order valence-electron chi connectivity index (χ3n) is 2.69. The Morgan fingerprint density at radius 2 is 2.00 bits per heavy atom. The molecule has 7 heteroatoms. The lowest BCUT2D eigenvalue weighted by atomic mass is 10.1. The van der Waals surface area contributed by atoms with Crippen molar-refractivity contribution in [1.29, 1.82) is 0 Å². The molecule has 0 bridgehead atoms. The molecule has 2 atom stereocenters. The molecule has 6 nitrogen and oxygen atoms in total. The van der Waals surface area contributed by atoms with Gasteiger partial charge >= 0.3 is 5.97 Å². The summed E-state index contributed by atoms with van der Waals surface area (Å²) in [5, 5.41) is 8.78. The normalized spacial score (nSPS) is 29.2. The van der Waals surface area contributed by atoms with Gasteiger partial charge in [0.25, 0.3) is 0 Å². The van der Waals surface area contributed by atoms with Gasteiger partial charge in [-0.2, -0.15) is 4.31 Å². The van der Waals surface area contributed by atoms with Crippen molar-refractivity contribution in [2.75, 3.05) is 26.4 Å². The third-order valence-corrected chi connectivity index (χ3v) is 4.11. The number of carboxylic acid groups (broad SMARTS) is 1. The number of piperazine rings is 1. The van der Waals surface area contributed by atoms with Crippen LogP contribution in [0.2, 0.25) is 0 Å². The SMILES string of the molecule is C[C@@H]1CN(C)C[C@H](CC(=O)O)N1S(C)(=O)=O. The minimum atomic E-state index is -3.35. The summed E-state index contributed by atoms with van der Waals surface area (Å²) in [5.41, 5.74) is 0. The topological polar surface area (TPSA) is 77.9 Å². The van der Waals surface area contributed by atoms with E-state index in [0.717, 1.165) is 6.26 Å². The summed E-state index contributed by atoms with van der Waals surface area (Å²) in [4.78, 5) is 12.7. The first-order valence-corrected chi connectivity index (χ1v) is 6.95. The standard InChI is InChI=1S/C9H18N2O4S/c1-7-5-10(2)6-8(4-9(12)13)11(7)16(3,14)15/h7-8H,4-6H2,1-3H3,(H,12,13)/t7-,8+/m1/s1. The summed E-state index contributed by atoms with van der Waals surface area (Å²) in [6.07, 6.45) is 0.978. The maximum absolute atomic E-state index is 11.6. The number of rotatable bonds is 3. The second-order valence-corrected chi connectivity index (χ2v) is 6.30. The summed E-state index contributed by atoms with van der Waals surface area (Å²) in [6.45, 7) is 2.89. The van der Waals surface area contributed by atoms with Gasteiger partial charge in [0.2, 0.25) is 10.0 Å². The molecule has 1 aliphatic heterocycles. The van der Waals surface area contributed by atoms with Gasteiger partial charge in [-0.05, 0) is 14.0 Å². The van der Waals surface area contributed by atoms with Crippen LogP contribution in [0.4, 0.5) is 0 Å². The first kappa shape index (κ1) is 13.4. The Morgan fingerprint density at radius 3 is 2.44 bits per heavy atom. The fraction of sp³-hybridized carbons (Fsp3) is 0.889. The average molecular weight is 250 g/mol. The number of nitrogens with zero attached hydrogens (tertiary/aromatic N) is 2. The van der Waals surface area contributed by atoms with Crippen LogP contribution in [-0.2, 0) is 14.8 Å². The van der Waals surface area contributed by atoms with Gasteiger partial charge in [-0.25, -0.2) is 8.42 Å². The minimum Gasteiger partial charge on any atom is -0.481 e. The smallest absolute Gasteiger partial charge is 0.305 e. The molecule has 0 aromatic carbocycles. The van der Waals surface area contributed by atoms with E-state index in [1.54, 1.807) is 6.92 Å². The highest BCUT2D eigenvalue weighted by atomic mass is 32.2. The minimum absolute atomic E-state index is 0.151. The largest absolute Gasteiger partial charge is 0.481 e. The average Bonchev–Trinajstić information content (AvgIpc) is 1.96. The Morgan fingerprint density at radius 1 is 1.44 bits per heavy atom. The van der Waals surface area contributed by atoms with Crippen LogP contribution in [0, 0.1) is 0 Å². The van der Waals surface area contributed by atoms with Crippen molar-refractivity contribution < 1.29 is 18.3 Å². The van der Waals surface area contributed by atoms with Crippen molar-refractivity contribution in [3.05, 3.63) is 0 Å². The number of likely N-dealkylation sites (N-methyl/N-ethyl adjacent to an activating group) is 1. The molecule has 1 fully saturated rings. The van der Waals surface area contributed by atoms with E-state index in [1.165, 1.54) is 4.31 Å². The lowest BCUT2D eigenvalue weighted by Gasteiger charge is -2.42. The number of carboxylic acids is 1. The molecule has 0 saturated carbocycles. The number of aliphatic carboxylic acids is 1. The highest BCUT2D eigenvalue weighted by Crippen LogP contribution is 2.20. The van der Waals surface area contributed by atoms with E-state index in [9.17, 15) is 13.2 Å². The van der Waals surface area contributed by atoms with E-state index < -0.39 is 22.0 Å². The molecule has 1 heterocycles. The van der Waals surface area contributed by atoms with E-state index in [-0.39, 0.29) is 12.5 Å². The Bertz CT molecular complexity index is 368. The van der Waals surface area contributed by atoms with Crippen LogP contribution in [0.25, 0.3) is 0 Å². The molecule has 0 spiro atoms. The molecule has 94 valence electrons. The fourth-order valence-corrected chi connectivity index (χ4v) is 3.76. The number of sulfonamides is 1. The van der Waals surface area contributed by atoms with Gasteiger partial charge in [0.1, 0.15) is 0 Å². The molecule has 0 aromatic heterocycles. The van der Waals surface area contributed by atoms with Gasteiger partial charge < -0.3 is 10.0 Å². The molecule has 16 heavy (non-hydrogen) atoms. The summed E-state index contributed by atoms with van der Waals surface area (Å²) in [6, 6.07) is -0.653. The summed E-state index contributed by atoms with van der Waals surface area (Å²) in [5.74, 6) is -0.971. The monoisotopic (exact) mass is 250 g/mol. The van der Waals surface area contributed by atoms with Crippen LogP contribution in [0.5, 0.6) is 0 Å². The zero-order valence-electron chi connectivity index (χ0n) is 9.75. The molecule has 0 aromatic rings. The van der Waals surface area contributed by atoms with Crippen LogP contribution in [0.3, 0.4) is 0 Å². The Kier molecular flexibility index (Phi) is 3.92. The Balaban J connectivity index is 2.94. The van der Waals surface area contributed by atoms with Crippen molar-refractivity contribution in [2.24, 2.45) is 0 Å². The number of hydrogen-bond acceptors (Lipinski definition) is 4. The Labute approximate surface area is 95.9 Å². The van der Waals surface area contributed by atoms with Gasteiger partial charge in [0, 0.05) is 25.2 Å². The van der Waals surface area contributed by atoms with Crippen molar-refractivity contribution >= 4 is 16.0 Å². The predicted molar refractivity (Wildman–Crippen MR) is 59.7 cm³/mol. The lowest BCUT2D eigenvalue weighted by molar-refractivity contribution is -0.138. The van der Waals surface area contributed by atoms with Gasteiger partial charge in [-0.3, -0.25) is 4.79 Å². The summed E-state index contributed by atoms with van der Waals surface area (Å²) in [7, 11) is -1.48. The third kappa shape index (κ3) is 3.16. The van der Waals surface area contributed by atoms with Crippen LogP contribution < -0.4 is 0 Å². The predicted octanol–water partition coefficient (Wildman–Crippen LogP) is -0.575. The fourth-order valence-electron chi connectivity index (χ4n) is 2.36. The van der Waals surface area contributed by atoms with E-state index in [1.807, 2.05) is 11.9 Å². The van der Waals surface area contributed by atoms with Crippen molar-refractivity contribution in [1.82, 2.24) is 9.21 Å². The quantitative estimate of drug-likeness (QED) is 0.725. The van der Waals surface area contributed by atoms with Crippen LogP contribution in [0.15, 0.2) is 0 Å². The Hall–Kier alpha value is -0.660. The van der Waals surface area contributed by atoms with Crippen LogP contribution in [0.1, 0.15) is 13.3 Å². The van der Waals surface area contributed by atoms with Crippen LogP contribution >= 0.6 is 0 Å². The molecule has 0 unspecified atom stereocenters. The second kappa shape index (κ2) is 4.68. The van der Waals surface area contributed by atoms with Gasteiger partial charge in [-0.1, -0.05) is 0 Å². The van der Waals surface area contributed by atoms with Gasteiger partial charge in [0.15, 0.2) is 0 Å². The van der Waals surface area contributed by atoms with Crippen molar-refractivity contribution in [3.63, 3.8) is 0 Å². The number of carbonyl (C=O) groups is 1. The van der Waals surface area contributed by atoms with Gasteiger partial charge in [0.05, 0.1) is 12.7 Å². The molecule has 0 amide bonds. The van der Waals surface area contributed by atoms with E-state index >= 15 is 0 Å². The van der Waals surface area contributed by atoms with Crippen LogP contribution in [-0.4, -0.2) is 67.2 Å². The van der Waals surface area contributed by atoms with Crippen molar-refractivity contribution in [2.45, 2.75) is 25.4 Å². The molecule has 0 aliphatic carbocycles. The lowest BCUT2D eigenvalue weighted by Crippen LogP contribution is -2.58. The van der Waals surface area contributed by atoms with Gasteiger partial charge in [-0.15, -0.1) is 0 Å². The zero-order valence-corrected chi connectivity index (χ0v) is 10.6. The molecule has 1 N–H and O–H groups in total. The van der Waals surface area contributed by atoms with Crippen molar-refractivity contribution in [3.8, 4) is 0 Å². The number of hydrogen-bond donors (Lipinski definition) is 1.